The summed E-state index contributed by atoms with van der Waals surface area (Å²) in [6.45, 7) is 2.46. The molecule has 0 spiro atoms. The third kappa shape index (κ3) is 3.81. The van der Waals surface area contributed by atoms with Crippen molar-refractivity contribution in [2.45, 2.75) is 26.2 Å². The number of piperidine rings is 1. The molecule has 1 aromatic carbocycles. The van der Waals surface area contributed by atoms with Crippen LogP contribution in [0.1, 0.15) is 35.2 Å². The molecular weight excluding hydrogens is 316 g/mol. The van der Waals surface area contributed by atoms with Gasteiger partial charge in [0, 0.05) is 25.6 Å². The van der Waals surface area contributed by atoms with Crippen LogP contribution in [0.15, 0.2) is 12.1 Å². The maximum Gasteiger partial charge on any atom is 0.303 e. The Hall–Kier alpha value is -2.64. The molecule has 0 saturated carbocycles. The number of amides is 1. The average molecular weight is 336 g/mol. The van der Waals surface area contributed by atoms with Crippen LogP contribution in [-0.2, 0) is 4.79 Å². The molecule has 2 rings (SSSR count). The number of benzene rings is 1. The molecule has 0 aliphatic carbocycles. The molecule has 0 bridgehead atoms. The van der Waals surface area contributed by atoms with Crippen molar-refractivity contribution < 1.29 is 24.4 Å². The first-order chi connectivity index (χ1) is 11.3. The molecule has 0 aromatic heterocycles. The second-order valence-electron chi connectivity index (χ2n) is 5.91. The molecule has 0 radical (unpaired) electrons. The zero-order chi connectivity index (χ0) is 17.9. The van der Waals surface area contributed by atoms with E-state index in [9.17, 15) is 19.7 Å². The van der Waals surface area contributed by atoms with E-state index in [0.29, 0.717) is 37.2 Å². The number of hydrogen-bond donors (Lipinski definition) is 1. The number of nitro groups is 1. The zero-order valence-electron chi connectivity index (χ0n) is 13.7. The molecule has 8 nitrogen and oxygen atoms in total. The quantitative estimate of drug-likeness (QED) is 0.652. The average Bonchev–Trinajstić information content (AvgIpc) is 2.54. The first-order valence-corrected chi connectivity index (χ1v) is 7.67. The number of hydrogen-bond acceptors (Lipinski definition) is 5. The van der Waals surface area contributed by atoms with Gasteiger partial charge in [-0.3, -0.25) is 19.7 Å². The van der Waals surface area contributed by atoms with E-state index in [1.807, 2.05) is 0 Å². The molecule has 1 aromatic rings. The lowest BCUT2D eigenvalue weighted by Gasteiger charge is -2.31. The highest BCUT2D eigenvalue weighted by atomic mass is 16.6. The molecule has 1 aliphatic heterocycles. The zero-order valence-corrected chi connectivity index (χ0v) is 13.7. The molecule has 8 heteroatoms. The van der Waals surface area contributed by atoms with Crippen LogP contribution in [0.5, 0.6) is 5.75 Å². The van der Waals surface area contributed by atoms with Crippen molar-refractivity contribution in [2.75, 3.05) is 20.2 Å². The lowest BCUT2D eigenvalue weighted by Crippen LogP contribution is -2.39. The maximum atomic E-state index is 12.6. The Bertz CT molecular complexity index is 665. The third-order valence-corrected chi connectivity index (χ3v) is 4.36. The van der Waals surface area contributed by atoms with Gasteiger partial charge in [-0.25, -0.2) is 0 Å². The fourth-order valence-corrected chi connectivity index (χ4v) is 2.97. The fraction of sp³-hybridized carbons (Fsp3) is 0.500. The summed E-state index contributed by atoms with van der Waals surface area (Å²) in [6.07, 6.45) is 1.33. The molecule has 24 heavy (non-hydrogen) atoms. The molecule has 130 valence electrons. The summed E-state index contributed by atoms with van der Waals surface area (Å²) < 4.78 is 5.13. The van der Waals surface area contributed by atoms with Crippen LogP contribution in [0, 0.1) is 23.0 Å². The number of nitro benzene ring substituents is 1. The van der Waals surface area contributed by atoms with E-state index >= 15 is 0 Å². The number of ether oxygens (including phenoxy) is 1. The highest BCUT2D eigenvalue weighted by Crippen LogP contribution is 2.30. The number of carbonyl (C=O) groups is 2. The van der Waals surface area contributed by atoms with Gasteiger partial charge in [-0.2, -0.15) is 0 Å². The van der Waals surface area contributed by atoms with Gasteiger partial charge in [0.2, 0.25) is 0 Å². The molecule has 1 N–H and O–H groups in total. The Morgan fingerprint density at radius 2 is 2.00 bits per heavy atom. The summed E-state index contributed by atoms with van der Waals surface area (Å²) in [5, 5.41) is 20.0. The number of nitrogens with zero attached hydrogens (tertiary/aromatic N) is 2. The van der Waals surface area contributed by atoms with Crippen LogP contribution >= 0.6 is 0 Å². The van der Waals surface area contributed by atoms with Crippen molar-refractivity contribution in [2.24, 2.45) is 5.92 Å². The van der Waals surface area contributed by atoms with Gasteiger partial charge in [0.15, 0.2) is 0 Å². The first-order valence-electron chi connectivity index (χ1n) is 7.67. The Morgan fingerprint density at radius 1 is 1.38 bits per heavy atom. The van der Waals surface area contributed by atoms with Crippen molar-refractivity contribution in [1.82, 2.24) is 4.90 Å². The SMILES string of the molecule is COc1cc(C(=O)N2CCC(CC(=O)O)CC2)cc([N+](=O)[O-])c1C. The molecule has 1 fully saturated rings. The van der Waals surface area contributed by atoms with Gasteiger partial charge >= 0.3 is 5.97 Å². The summed E-state index contributed by atoms with van der Waals surface area (Å²) in [5.74, 6) is -0.773. The van der Waals surface area contributed by atoms with E-state index in [1.165, 1.54) is 19.2 Å². The number of likely N-dealkylation sites (tertiary alicyclic amines) is 1. The molecule has 1 heterocycles. The number of carboxylic acids is 1. The van der Waals surface area contributed by atoms with Crippen LogP contribution in [0.2, 0.25) is 0 Å². The van der Waals surface area contributed by atoms with Crippen molar-refractivity contribution in [3.05, 3.63) is 33.4 Å². The molecule has 1 saturated heterocycles. The Morgan fingerprint density at radius 3 is 2.50 bits per heavy atom. The topological polar surface area (TPSA) is 110 Å². The Kier molecular flexibility index (Phi) is 5.38. The fourth-order valence-electron chi connectivity index (χ4n) is 2.97. The highest BCUT2D eigenvalue weighted by molar-refractivity contribution is 5.95. The second-order valence-corrected chi connectivity index (χ2v) is 5.91. The number of methoxy groups -OCH3 is 1. The predicted molar refractivity (Wildman–Crippen MR) is 85.3 cm³/mol. The predicted octanol–water partition coefficient (Wildman–Crippen LogP) is 2.24. The molecule has 1 aliphatic rings. The van der Waals surface area contributed by atoms with Crippen LogP contribution < -0.4 is 4.74 Å². The van der Waals surface area contributed by atoms with Crippen LogP contribution in [0.4, 0.5) is 5.69 Å². The molecule has 1 amide bonds. The van der Waals surface area contributed by atoms with Gasteiger partial charge in [0.25, 0.3) is 11.6 Å². The number of rotatable bonds is 5. The number of aliphatic carboxylic acids is 1. The molecule has 0 unspecified atom stereocenters. The monoisotopic (exact) mass is 336 g/mol. The minimum absolute atomic E-state index is 0.0634. The van der Waals surface area contributed by atoms with Crippen molar-refractivity contribution in [3.63, 3.8) is 0 Å². The first kappa shape index (κ1) is 17.7. The van der Waals surface area contributed by atoms with E-state index in [-0.39, 0.29) is 29.5 Å². The number of carbonyl (C=O) groups excluding carboxylic acids is 1. The van der Waals surface area contributed by atoms with Crippen molar-refractivity contribution in [1.29, 1.82) is 0 Å². The molecular formula is C16H20N2O6. The lowest BCUT2D eigenvalue weighted by atomic mass is 9.93. The van der Waals surface area contributed by atoms with Gasteiger partial charge in [0.05, 0.1) is 23.2 Å². The minimum atomic E-state index is -0.835. The Balaban J connectivity index is 2.17. The van der Waals surface area contributed by atoms with Crippen LogP contribution in [0.25, 0.3) is 0 Å². The van der Waals surface area contributed by atoms with E-state index in [0.717, 1.165) is 0 Å². The summed E-state index contributed by atoms with van der Waals surface area (Å²) in [4.78, 5) is 35.6. The van der Waals surface area contributed by atoms with Crippen molar-refractivity contribution >= 4 is 17.6 Å². The maximum absolute atomic E-state index is 12.6. The van der Waals surface area contributed by atoms with Gasteiger partial charge in [0.1, 0.15) is 5.75 Å². The van der Waals surface area contributed by atoms with Crippen LogP contribution in [-0.4, -0.2) is 47.0 Å². The van der Waals surface area contributed by atoms with E-state index < -0.39 is 10.9 Å². The summed E-state index contributed by atoms with van der Waals surface area (Å²) in [7, 11) is 1.40. The van der Waals surface area contributed by atoms with Crippen molar-refractivity contribution in [3.8, 4) is 5.75 Å². The smallest absolute Gasteiger partial charge is 0.303 e. The van der Waals surface area contributed by atoms with E-state index in [2.05, 4.69) is 0 Å². The van der Waals surface area contributed by atoms with Crippen LogP contribution in [0.3, 0.4) is 0 Å². The largest absolute Gasteiger partial charge is 0.496 e. The minimum Gasteiger partial charge on any atom is -0.496 e. The van der Waals surface area contributed by atoms with Gasteiger partial charge in [-0.05, 0) is 31.7 Å². The van der Waals surface area contributed by atoms with Gasteiger partial charge in [-0.15, -0.1) is 0 Å². The van der Waals surface area contributed by atoms with Gasteiger partial charge in [-0.1, -0.05) is 0 Å². The van der Waals surface area contributed by atoms with Gasteiger partial charge < -0.3 is 14.7 Å². The second kappa shape index (κ2) is 7.29. The lowest BCUT2D eigenvalue weighted by molar-refractivity contribution is -0.385. The van der Waals surface area contributed by atoms with E-state index in [1.54, 1.807) is 11.8 Å². The number of carboxylic acid groups (broad SMARTS) is 1. The normalized spacial score (nSPS) is 15.2. The van der Waals surface area contributed by atoms with E-state index in [4.69, 9.17) is 9.84 Å². The standard InChI is InChI=1S/C16H20N2O6/c1-10-13(18(22)23)8-12(9-14(10)24-2)16(21)17-5-3-11(4-6-17)7-15(19)20/h8-9,11H,3-7H2,1-2H3,(H,19,20). The summed E-state index contributed by atoms with van der Waals surface area (Å²) in [6, 6.07) is 2.78. The Labute approximate surface area is 139 Å². The molecule has 0 atom stereocenters. The summed E-state index contributed by atoms with van der Waals surface area (Å²) in [5.41, 5.74) is 0.429. The summed E-state index contributed by atoms with van der Waals surface area (Å²) >= 11 is 0. The third-order valence-electron chi connectivity index (χ3n) is 4.36. The highest BCUT2D eigenvalue weighted by Gasteiger charge is 2.27.